The van der Waals surface area contributed by atoms with Crippen molar-refractivity contribution in [3.63, 3.8) is 0 Å². The largest absolute Gasteiger partial charge is 0.484 e. The van der Waals surface area contributed by atoms with Gasteiger partial charge in [-0.05, 0) is 48.6 Å². The van der Waals surface area contributed by atoms with Gasteiger partial charge in [0.1, 0.15) is 12.3 Å². The van der Waals surface area contributed by atoms with Crippen molar-refractivity contribution in [2.24, 2.45) is 0 Å². The molecule has 13 heteroatoms. The molecule has 10 nitrogen and oxygen atoms in total. The molecular weight excluding hydrogens is 574 g/mol. The van der Waals surface area contributed by atoms with Gasteiger partial charge in [0.2, 0.25) is 0 Å². The Morgan fingerprint density at radius 1 is 1.19 bits per heavy atom. The molecule has 3 rings (SSSR count). The summed E-state index contributed by atoms with van der Waals surface area (Å²) >= 11 is 13.9. The van der Waals surface area contributed by atoms with Crippen LogP contribution in [0.2, 0.25) is 10.0 Å². The highest BCUT2D eigenvalue weighted by atomic mass is 127. The van der Waals surface area contributed by atoms with Crippen molar-refractivity contribution in [3.05, 3.63) is 54.9 Å². The number of carbonyl (C=O) groups excluding carboxylic acids is 2. The molecule has 0 saturated carbocycles. The first-order chi connectivity index (χ1) is 15.2. The monoisotopic (exact) mass is 592 g/mol. The Morgan fingerprint density at radius 3 is 2.62 bits per heavy atom. The van der Waals surface area contributed by atoms with E-state index in [1.165, 1.54) is 6.07 Å². The molecule has 0 unspecified atom stereocenters. The first-order valence-electron chi connectivity index (χ1n) is 9.39. The number of hydrogen-bond acceptors (Lipinski definition) is 7. The van der Waals surface area contributed by atoms with Crippen LogP contribution in [0.15, 0.2) is 22.7 Å². The van der Waals surface area contributed by atoms with Crippen LogP contribution < -0.4 is 15.4 Å². The van der Waals surface area contributed by atoms with Crippen molar-refractivity contribution >= 4 is 57.6 Å². The lowest BCUT2D eigenvalue weighted by atomic mass is 10.3. The quantitative estimate of drug-likeness (QED) is 0.289. The van der Waals surface area contributed by atoms with E-state index in [1.54, 1.807) is 16.8 Å². The van der Waals surface area contributed by atoms with Gasteiger partial charge in [-0.15, -0.1) is 0 Å². The van der Waals surface area contributed by atoms with E-state index < -0.39 is 5.91 Å². The maximum atomic E-state index is 12.2. The molecule has 3 aromatic rings. The zero-order valence-electron chi connectivity index (χ0n) is 17.1. The van der Waals surface area contributed by atoms with Crippen molar-refractivity contribution in [2.45, 2.75) is 20.4 Å². The number of carbonyl (C=O) groups is 2. The van der Waals surface area contributed by atoms with Gasteiger partial charge in [-0.25, -0.2) is 0 Å². The third kappa shape index (κ3) is 6.33. The molecule has 2 amide bonds. The molecule has 32 heavy (non-hydrogen) atoms. The summed E-state index contributed by atoms with van der Waals surface area (Å²) < 4.78 is 13.2. The second-order valence-electron chi connectivity index (χ2n) is 6.63. The third-order valence-electron chi connectivity index (χ3n) is 4.24. The number of benzene rings is 1. The molecule has 2 N–H and O–H groups in total. The average molecular weight is 593 g/mol. The van der Waals surface area contributed by atoms with E-state index in [9.17, 15) is 9.59 Å². The van der Waals surface area contributed by atoms with Crippen molar-refractivity contribution in [3.8, 4) is 5.75 Å². The van der Waals surface area contributed by atoms with Gasteiger partial charge >= 0.3 is 11.8 Å². The molecule has 1 aromatic carbocycles. The maximum absolute atomic E-state index is 12.2. The second kappa shape index (κ2) is 11.0. The fourth-order valence-corrected chi connectivity index (χ4v) is 3.27. The summed E-state index contributed by atoms with van der Waals surface area (Å²) in [4.78, 5) is 28.1. The van der Waals surface area contributed by atoms with Crippen LogP contribution in [0.5, 0.6) is 5.75 Å². The van der Waals surface area contributed by atoms with Crippen molar-refractivity contribution < 1.29 is 18.8 Å². The predicted molar refractivity (Wildman–Crippen MR) is 125 cm³/mol. The summed E-state index contributed by atoms with van der Waals surface area (Å²) in [5, 5.41) is 14.2. The summed E-state index contributed by atoms with van der Waals surface area (Å²) in [6.45, 7) is 4.31. The summed E-state index contributed by atoms with van der Waals surface area (Å²) in [6.07, 6.45) is 0. The Morgan fingerprint density at radius 2 is 1.94 bits per heavy atom. The normalized spacial score (nSPS) is 10.8. The molecule has 0 fully saturated rings. The Hall–Kier alpha value is -2.38. The number of rotatable bonds is 9. The molecule has 2 heterocycles. The highest BCUT2D eigenvalue weighted by Gasteiger charge is 2.17. The number of halogens is 3. The first-order valence-corrected chi connectivity index (χ1v) is 11.2. The van der Waals surface area contributed by atoms with Gasteiger partial charge in [-0.3, -0.25) is 14.3 Å². The molecule has 0 radical (unpaired) electrons. The predicted octanol–water partition coefficient (Wildman–Crippen LogP) is 2.77. The van der Waals surface area contributed by atoms with Crippen LogP contribution in [-0.4, -0.2) is 51.4 Å². The summed E-state index contributed by atoms with van der Waals surface area (Å²) in [7, 11) is 0. The Balaban J connectivity index is 1.39. The van der Waals surface area contributed by atoms with E-state index >= 15 is 0 Å². The molecule has 0 aliphatic heterocycles. The van der Waals surface area contributed by atoms with Gasteiger partial charge in [-0.2, -0.15) is 10.1 Å². The van der Waals surface area contributed by atoms with Crippen LogP contribution in [0.4, 0.5) is 0 Å². The minimum absolute atomic E-state index is 0.162. The van der Waals surface area contributed by atoms with E-state index in [0.717, 1.165) is 15.0 Å². The minimum atomic E-state index is -0.534. The van der Waals surface area contributed by atoms with Crippen LogP contribution in [0.1, 0.15) is 27.9 Å². The lowest BCUT2D eigenvalue weighted by Gasteiger charge is -2.08. The lowest BCUT2D eigenvalue weighted by Crippen LogP contribution is -2.36. The van der Waals surface area contributed by atoms with Gasteiger partial charge in [0.25, 0.3) is 5.91 Å². The van der Waals surface area contributed by atoms with E-state index in [0.29, 0.717) is 28.2 Å². The Bertz CT molecular complexity index is 1130. The van der Waals surface area contributed by atoms with Gasteiger partial charge in [-0.1, -0.05) is 28.4 Å². The number of hydrogen-bond donors (Lipinski definition) is 2. The number of amides is 2. The smallest absolute Gasteiger partial charge is 0.316 e. The van der Waals surface area contributed by atoms with Gasteiger partial charge in [0, 0.05) is 24.8 Å². The summed E-state index contributed by atoms with van der Waals surface area (Å²) in [5.41, 5.74) is 1.90. The highest BCUT2D eigenvalue weighted by molar-refractivity contribution is 14.1. The van der Waals surface area contributed by atoms with Crippen LogP contribution in [-0.2, 0) is 11.3 Å². The van der Waals surface area contributed by atoms with E-state index in [4.69, 9.17) is 32.5 Å². The molecular formula is C19H19Cl2IN6O4. The maximum Gasteiger partial charge on any atom is 0.316 e. The molecule has 0 atom stereocenters. The molecule has 2 aromatic heterocycles. The Labute approximate surface area is 207 Å². The number of nitrogens with zero attached hydrogens (tertiary/aromatic N) is 4. The molecule has 170 valence electrons. The summed E-state index contributed by atoms with van der Waals surface area (Å²) in [6, 6.07) is 4.70. The molecule has 0 aliphatic carbocycles. The highest BCUT2D eigenvalue weighted by Crippen LogP contribution is 2.26. The van der Waals surface area contributed by atoms with Crippen molar-refractivity contribution in [2.75, 3.05) is 19.7 Å². The zero-order chi connectivity index (χ0) is 23.3. The standard InChI is InChI=1S/C19H19Cl2IN6O4/c1-10-17(22)11(2)28(26-10)8-15-25-19(32-27-15)18(30)24-6-5-23-16(29)9-31-12-3-4-13(20)14(21)7-12/h3-4,7H,5-6,8-9H2,1-2H3,(H,23,29)(H,24,30). The Kier molecular flexibility index (Phi) is 8.32. The topological polar surface area (TPSA) is 124 Å². The average Bonchev–Trinajstić information content (AvgIpc) is 3.33. The van der Waals surface area contributed by atoms with Gasteiger partial charge < -0.3 is 19.9 Å². The summed E-state index contributed by atoms with van der Waals surface area (Å²) in [5.74, 6) is -0.293. The van der Waals surface area contributed by atoms with Crippen LogP contribution >= 0.6 is 45.8 Å². The van der Waals surface area contributed by atoms with Crippen molar-refractivity contribution in [1.82, 2.24) is 30.6 Å². The fraction of sp³-hybridized carbons (Fsp3) is 0.316. The minimum Gasteiger partial charge on any atom is -0.484 e. The van der Waals surface area contributed by atoms with Gasteiger partial charge in [0.05, 0.1) is 19.3 Å². The van der Waals surface area contributed by atoms with E-state index in [2.05, 4.69) is 48.5 Å². The number of nitrogens with one attached hydrogen (secondary N) is 2. The van der Waals surface area contributed by atoms with E-state index in [-0.39, 0.29) is 31.5 Å². The second-order valence-corrected chi connectivity index (χ2v) is 8.52. The van der Waals surface area contributed by atoms with Crippen molar-refractivity contribution in [1.29, 1.82) is 0 Å². The SMILES string of the molecule is Cc1nn(Cc2noc(C(=O)NCCNC(=O)COc3ccc(Cl)c(Cl)c3)n2)c(C)c1I. The number of aromatic nitrogens is 4. The fourth-order valence-electron chi connectivity index (χ4n) is 2.59. The van der Waals surface area contributed by atoms with Crippen LogP contribution in [0, 0.1) is 17.4 Å². The van der Waals surface area contributed by atoms with Crippen LogP contribution in [0.25, 0.3) is 0 Å². The van der Waals surface area contributed by atoms with Crippen LogP contribution in [0.3, 0.4) is 0 Å². The molecule has 0 bridgehead atoms. The van der Waals surface area contributed by atoms with Gasteiger partial charge in [0.15, 0.2) is 12.4 Å². The third-order valence-corrected chi connectivity index (χ3v) is 6.54. The zero-order valence-corrected chi connectivity index (χ0v) is 20.8. The lowest BCUT2D eigenvalue weighted by molar-refractivity contribution is -0.123. The molecule has 0 saturated heterocycles. The molecule has 0 aliphatic rings. The van der Waals surface area contributed by atoms with E-state index in [1.807, 2.05) is 13.8 Å². The molecule has 0 spiro atoms. The number of ether oxygens (including phenoxy) is 1. The first kappa shape index (κ1) is 24.3. The number of aryl methyl sites for hydroxylation is 1.